The quantitative estimate of drug-likeness (QED) is 0.465. The van der Waals surface area contributed by atoms with Crippen molar-refractivity contribution in [1.29, 1.82) is 0 Å². The molecule has 5 rings (SSSR count). The number of aromatic amines is 1. The van der Waals surface area contributed by atoms with Crippen LogP contribution in [-0.4, -0.2) is 84.3 Å². The van der Waals surface area contributed by atoms with Gasteiger partial charge in [-0.3, -0.25) is 14.7 Å². The lowest BCUT2D eigenvalue weighted by molar-refractivity contribution is 0.0303. The number of para-hydroxylation sites is 1. The average Bonchev–Trinajstić information content (AvgIpc) is 3.35. The van der Waals surface area contributed by atoms with Crippen LogP contribution in [0.4, 0.5) is 0 Å². The van der Waals surface area contributed by atoms with Crippen molar-refractivity contribution in [2.45, 2.75) is 0 Å². The molecule has 0 saturated carbocycles. The van der Waals surface area contributed by atoms with Crippen LogP contribution < -0.4 is 4.74 Å². The molecule has 2 aromatic carbocycles. The van der Waals surface area contributed by atoms with Gasteiger partial charge in [0.25, 0.3) is 11.8 Å². The molecule has 0 aliphatic carbocycles. The number of amides is 2. The Morgan fingerprint density at radius 3 is 2.53 bits per heavy atom. The minimum absolute atomic E-state index is 0.125. The van der Waals surface area contributed by atoms with Gasteiger partial charge in [-0.05, 0) is 42.0 Å². The molecule has 184 valence electrons. The van der Waals surface area contributed by atoms with E-state index in [1.54, 1.807) is 44.4 Å². The molecular formula is C27H27N5O4. The number of carbonyl (C=O) groups is 2. The van der Waals surface area contributed by atoms with Crippen molar-refractivity contribution in [1.82, 2.24) is 25.0 Å². The van der Waals surface area contributed by atoms with Crippen LogP contribution >= 0.6 is 0 Å². The van der Waals surface area contributed by atoms with Crippen molar-refractivity contribution in [3.05, 3.63) is 65.9 Å². The zero-order valence-corrected chi connectivity index (χ0v) is 20.4. The molecule has 4 aromatic rings. The number of morpholine rings is 1. The average molecular weight is 486 g/mol. The SMILES string of the molecule is COc1ccccc1-c1[nH]nc2ncc(-c3cc(C(=O)N(C)C)cc(C(=O)N4CCOCC4)c3)cc12. The van der Waals surface area contributed by atoms with Crippen LogP contribution in [0.5, 0.6) is 5.75 Å². The van der Waals surface area contributed by atoms with Crippen LogP contribution in [0.15, 0.2) is 54.7 Å². The molecule has 1 aliphatic heterocycles. The van der Waals surface area contributed by atoms with Gasteiger partial charge in [0.2, 0.25) is 0 Å². The van der Waals surface area contributed by atoms with Crippen LogP contribution in [0.2, 0.25) is 0 Å². The zero-order chi connectivity index (χ0) is 25.2. The molecule has 1 N–H and O–H groups in total. The fourth-order valence-corrected chi connectivity index (χ4v) is 4.36. The maximum Gasteiger partial charge on any atom is 0.254 e. The van der Waals surface area contributed by atoms with Crippen molar-refractivity contribution >= 4 is 22.8 Å². The molecule has 36 heavy (non-hydrogen) atoms. The van der Waals surface area contributed by atoms with E-state index in [2.05, 4.69) is 15.2 Å². The maximum atomic E-state index is 13.3. The highest BCUT2D eigenvalue weighted by molar-refractivity contribution is 6.02. The summed E-state index contributed by atoms with van der Waals surface area (Å²) >= 11 is 0. The monoisotopic (exact) mass is 485 g/mol. The number of carbonyl (C=O) groups excluding carboxylic acids is 2. The van der Waals surface area contributed by atoms with Gasteiger partial charge in [0.15, 0.2) is 5.65 Å². The Hall–Kier alpha value is -4.24. The van der Waals surface area contributed by atoms with E-state index < -0.39 is 0 Å². The fraction of sp³-hybridized carbons (Fsp3) is 0.259. The Morgan fingerprint density at radius 2 is 1.78 bits per heavy atom. The second-order valence-electron chi connectivity index (χ2n) is 8.80. The number of aromatic nitrogens is 3. The van der Waals surface area contributed by atoms with Crippen molar-refractivity contribution < 1.29 is 19.1 Å². The molecule has 0 spiro atoms. The first-order valence-corrected chi connectivity index (χ1v) is 11.7. The second kappa shape index (κ2) is 9.79. The summed E-state index contributed by atoms with van der Waals surface area (Å²) in [6, 6.07) is 14.9. The molecular weight excluding hydrogens is 458 g/mol. The van der Waals surface area contributed by atoms with E-state index in [9.17, 15) is 9.59 Å². The Bertz CT molecular complexity index is 1440. The normalized spacial score (nSPS) is 13.6. The highest BCUT2D eigenvalue weighted by Gasteiger charge is 2.22. The first kappa shape index (κ1) is 23.5. The summed E-state index contributed by atoms with van der Waals surface area (Å²) in [5.74, 6) is 0.408. The smallest absolute Gasteiger partial charge is 0.254 e. The summed E-state index contributed by atoms with van der Waals surface area (Å²) in [6.45, 7) is 2.04. The molecule has 0 atom stereocenters. The largest absolute Gasteiger partial charge is 0.496 e. The number of rotatable bonds is 5. The van der Waals surface area contributed by atoms with Gasteiger partial charge < -0.3 is 19.3 Å². The van der Waals surface area contributed by atoms with Gasteiger partial charge >= 0.3 is 0 Å². The van der Waals surface area contributed by atoms with E-state index in [4.69, 9.17) is 9.47 Å². The molecule has 1 fully saturated rings. The third-order valence-electron chi connectivity index (χ3n) is 6.25. The number of hydrogen-bond donors (Lipinski definition) is 1. The molecule has 0 radical (unpaired) electrons. The van der Waals surface area contributed by atoms with E-state index in [0.29, 0.717) is 48.8 Å². The third-order valence-corrected chi connectivity index (χ3v) is 6.25. The van der Waals surface area contributed by atoms with Crippen molar-refractivity contribution in [2.24, 2.45) is 0 Å². The van der Waals surface area contributed by atoms with Gasteiger partial charge in [0.05, 0.1) is 26.0 Å². The molecule has 2 aromatic heterocycles. The predicted octanol–water partition coefficient (Wildman–Crippen LogP) is 3.47. The molecule has 3 heterocycles. The Morgan fingerprint density at radius 1 is 1.03 bits per heavy atom. The van der Waals surface area contributed by atoms with E-state index in [1.807, 2.05) is 36.4 Å². The van der Waals surface area contributed by atoms with Crippen LogP contribution in [0.1, 0.15) is 20.7 Å². The summed E-state index contributed by atoms with van der Waals surface area (Å²) in [6.07, 6.45) is 1.71. The van der Waals surface area contributed by atoms with Crippen LogP contribution in [0, 0.1) is 0 Å². The second-order valence-corrected chi connectivity index (χ2v) is 8.80. The first-order chi connectivity index (χ1) is 17.5. The number of nitrogens with one attached hydrogen (secondary N) is 1. The predicted molar refractivity (Wildman–Crippen MR) is 136 cm³/mol. The van der Waals surface area contributed by atoms with Crippen LogP contribution in [0.3, 0.4) is 0 Å². The van der Waals surface area contributed by atoms with E-state index in [0.717, 1.165) is 27.8 Å². The number of fused-ring (bicyclic) bond motifs is 1. The van der Waals surface area contributed by atoms with Gasteiger partial charge in [0, 0.05) is 61.0 Å². The lowest BCUT2D eigenvalue weighted by atomic mass is 9.98. The maximum absolute atomic E-state index is 13.3. The van der Waals surface area contributed by atoms with Crippen LogP contribution in [0.25, 0.3) is 33.4 Å². The zero-order valence-electron chi connectivity index (χ0n) is 20.4. The lowest BCUT2D eigenvalue weighted by Crippen LogP contribution is -2.40. The lowest BCUT2D eigenvalue weighted by Gasteiger charge is -2.27. The van der Waals surface area contributed by atoms with Crippen molar-refractivity contribution in [2.75, 3.05) is 47.5 Å². The summed E-state index contributed by atoms with van der Waals surface area (Å²) in [5, 5.41) is 8.24. The Kier molecular flexibility index (Phi) is 6.39. The molecule has 0 bridgehead atoms. The minimum atomic E-state index is -0.181. The standard InChI is InChI=1S/C27H27N5O4/c1-31(2)26(33)18-12-17(13-19(14-18)27(34)32-8-10-36-11-9-32)20-15-22-24(29-30-25(22)28-16-20)21-6-4-5-7-23(21)35-3/h4-7,12-16H,8-11H2,1-3H3,(H,28,29,30). The Labute approximate surface area is 208 Å². The number of hydrogen-bond acceptors (Lipinski definition) is 6. The van der Waals surface area contributed by atoms with Gasteiger partial charge in [-0.25, -0.2) is 4.98 Å². The van der Waals surface area contributed by atoms with Gasteiger partial charge in [-0.15, -0.1) is 0 Å². The number of pyridine rings is 1. The molecule has 1 aliphatic rings. The third kappa shape index (κ3) is 4.40. The number of methoxy groups -OCH3 is 1. The number of benzene rings is 2. The van der Waals surface area contributed by atoms with E-state index in [-0.39, 0.29) is 11.8 Å². The summed E-state index contributed by atoms with van der Waals surface area (Å²) in [4.78, 5) is 34.0. The summed E-state index contributed by atoms with van der Waals surface area (Å²) in [7, 11) is 5.01. The molecule has 9 nitrogen and oxygen atoms in total. The summed E-state index contributed by atoms with van der Waals surface area (Å²) in [5.41, 5.74) is 4.58. The first-order valence-electron chi connectivity index (χ1n) is 11.7. The topological polar surface area (TPSA) is 101 Å². The van der Waals surface area contributed by atoms with E-state index >= 15 is 0 Å². The molecule has 0 unspecified atom stereocenters. The molecule has 9 heteroatoms. The number of nitrogens with zero attached hydrogens (tertiary/aromatic N) is 4. The van der Waals surface area contributed by atoms with E-state index in [1.165, 1.54) is 4.90 Å². The molecule has 2 amide bonds. The van der Waals surface area contributed by atoms with Crippen molar-refractivity contribution in [3.8, 4) is 28.1 Å². The highest BCUT2D eigenvalue weighted by Crippen LogP contribution is 2.34. The highest BCUT2D eigenvalue weighted by atomic mass is 16.5. The van der Waals surface area contributed by atoms with Crippen LogP contribution in [-0.2, 0) is 4.74 Å². The number of H-pyrrole nitrogens is 1. The molecule has 1 saturated heterocycles. The van der Waals surface area contributed by atoms with Gasteiger partial charge in [-0.1, -0.05) is 12.1 Å². The van der Waals surface area contributed by atoms with Gasteiger partial charge in [-0.2, -0.15) is 5.10 Å². The Balaban J connectivity index is 1.62. The number of ether oxygens (including phenoxy) is 2. The minimum Gasteiger partial charge on any atom is -0.496 e. The summed E-state index contributed by atoms with van der Waals surface area (Å²) < 4.78 is 10.9. The fourth-order valence-electron chi connectivity index (χ4n) is 4.36. The van der Waals surface area contributed by atoms with Crippen molar-refractivity contribution in [3.63, 3.8) is 0 Å². The van der Waals surface area contributed by atoms with Gasteiger partial charge in [0.1, 0.15) is 5.75 Å².